The summed E-state index contributed by atoms with van der Waals surface area (Å²) in [4.78, 5) is 16.4. The molecule has 0 atom stereocenters. The maximum Gasteiger partial charge on any atom is 0.255 e. The van der Waals surface area contributed by atoms with Crippen molar-refractivity contribution in [3.8, 4) is 0 Å². The van der Waals surface area contributed by atoms with E-state index in [1.807, 2.05) is 0 Å². The van der Waals surface area contributed by atoms with Crippen molar-refractivity contribution in [2.24, 2.45) is 0 Å². The second kappa shape index (κ2) is 6.01. The highest BCUT2D eigenvalue weighted by molar-refractivity contribution is 9.10. The molecule has 104 valence electrons. The number of likely N-dealkylation sites (tertiary alicyclic amines) is 1. The number of halogens is 2. The molecule has 1 aromatic rings. The first-order chi connectivity index (χ1) is 9.00. The van der Waals surface area contributed by atoms with Crippen molar-refractivity contribution in [2.75, 3.05) is 27.2 Å². The minimum atomic E-state index is -0.394. The molecule has 0 saturated carbocycles. The van der Waals surface area contributed by atoms with E-state index in [0.717, 1.165) is 25.9 Å². The lowest BCUT2D eigenvalue weighted by Crippen LogP contribution is -2.44. The first-order valence-corrected chi connectivity index (χ1v) is 7.19. The monoisotopic (exact) mass is 328 g/mol. The molecular formula is C14H18BrFN2O. The summed E-state index contributed by atoms with van der Waals surface area (Å²) in [7, 11) is 4.12. The number of rotatable bonds is 2. The van der Waals surface area contributed by atoms with Crippen LogP contribution in [0.25, 0.3) is 0 Å². The van der Waals surface area contributed by atoms with Crippen molar-refractivity contribution in [1.82, 2.24) is 9.80 Å². The molecule has 1 aliphatic heterocycles. The smallest absolute Gasteiger partial charge is 0.255 e. The van der Waals surface area contributed by atoms with Gasteiger partial charge in [0.2, 0.25) is 0 Å². The third-order valence-electron chi connectivity index (χ3n) is 3.66. The molecular weight excluding hydrogens is 311 g/mol. The lowest BCUT2D eigenvalue weighted by molar-refractivity contribution is 0.0662. The van der Waals surface area contributed by atoms with Crippen LogP contribution in [0.4, 0.5) is 4.39 Å². The molecule has 1 amide bonds. The highest BCUT2D eigenvalue weighted by atomic mass is 79.9. The van der Waals surface area contributed by atoms with Gasteiger partial charge >= 0.3 is 0 Å². The average Bonchev–Trinajstić information content (AvgIpc) is 2.41. The number of hydrogen-bond donors (Lipinski definition) is 0. The summed E-state index contributed by atoms with van der Waals surface area (Å²) in [5.74, 6) is -0.488. The Bertz CT molecular complexity index is 471. The van der Waals surface area contributed by atoms with Gasteiger partial charge < -0.3 is 9.80 Å². The molecule has 0 unspecified atom stereocenters. The van der Waals surface area contributed by atoms with E-state index < -0.39 is 5.82 Å². The topological polar surface area (TPSA) is 23.6 Å². The van der Waals surface area contributed by atoms with E-state index >= 15 is 0 Å². The quantitative estimate of drug-likeness (QED) is 0.833. The third-order valence-corrected chi connectivity index (χ3v) is 4.47. The van der Waals surface area contributed by atoms with Gasteiger partial charge in [0.05, 0.1) is 10.0 Å². The van der Waals surface area contributed by atoms with Crippen molar-refractivity contribution in [2.45, 2.75) is 18.9 Å². The predicted molar refractivity (Wildman–Crippen MR) is 76.7 cm³/mol. The van der Waals surface area contributed by atoms with Gasteiger partial charge in [-0.3, -0.25) is 4.79 Å². The number of carbonyl (C=O) groups excluding carboxylic acids is 1. The molecule has 0 aromatic heterocycles. The number of amides is 1. The van der Waals surface area contributed by atoms with E-state index in [1.54, 1.807) is 17.0 Å². The van der Waals surface area contributed by atoms with Gasteiger partial charge in [-0.25, -0.2) is 4.39 Å². The van der Waals surface area contributed by atoms with Crippen LogP contribution in [0, 0.1) is 5.82 Å². The van der Waals surface area contributed by atoms with E-state index in [9.17, 15) is 9.18 Å². The van der Waals surface area contributed by atoms with Crippen LogP contribution in [0.1, 0.15) is 23.2 Å². The Hall–Kier alpha value is -0.940. The van der Waals surface area contributed by atoms with E-state index in [1.165, 1.54) is 6.07 Å². The van der Waals surface area contributed by atoms with Crippen molar-refractivity contribution >= 4 is 21.8 Å². The molecule has 2 rings (SSSR count). The lowest BCUT2D eigenvalue weighted by Gasteiger charge is -2.35. The van der Waals surface area contributed by atoms with E-state index in [-0.39, 0.29) is 10.4 Å². The molecule has 1 fully saturated rings. The molecule has 5 heteroatoms. The first-order valence-electron chi connectivity index (χ1n) is 6.40. The number of carbonyl (C=O) groups is 1. The predicted octanol–water partition coefficient (Wildman–Crippen LogP) is 2.75. The third kappa shape index (κ3) is 3.15. The fourth-order valence-electron chi connectivity index (χ4n) is 2.42. The number of hydrogen-bond acceptors (Lipinski definition) is 2. The van der Waals surface area contributed by atoms with Crippen LogP contribution in [-0.2, 0) is 0 Å². The molecule has 0 bridgehead atoms. The van der Waals surface area contributed by atoms with Crippen molar-refractivity contribution in [3.63, 3.8) is 0 Å². The Labute approximate surface area is 121 Å². The summed E-state index contributed by atoms with van der Waals surface area (Å²) in [5, 5.41) is 0. The molecule has 1 saturated heterocycles. The van der Waals surface area contributed by atoms with Crippen molar-refractivity contribution in [3.05, 3.63) is 34.1 Å². The van der Waals surface area contributed by atoms with Gasteiger partial charge in [-0.2, -0.15) is 0 Å². The van der Waals surface area contributed by atoms with Crippen molar-refractivity contribution in [1.29, 1.82) is 0 Å². The zero-order chi connectivity index (χ0) is 14.0. The standard InChI is InChI=1S/C14H18BrFN2O/c1-17(2)10-6-8-18(9-7-10)14(19)11-4-3-5-12(16)13(11)15/h3-5,10H,6-9H2,1-2H3. The van der Waals surface area contributed by atoms with Gasteiger partial charge in [-0.05, 0) is 55.0 Å². The van der Waals surface area contributed by atoms with Crippen LogP contribution in [-0.4, -0.2) is 48.9 Å². The number of nitrogens with zero attached hydrogens (tertiary/aromatic N) is 2. The second-order valence-corrected chi connectivity index (χ2v) is 5.88. The molecule has 0 spiro atoms. The van der Waals surface area contributed by atoms with Crippen LogP contribution in [0.3, 0.4) is 0 Å². The Morgan fingerprint density at radius 3 is 2.58 bits per heavy atom. The van der Waals surface area contributed by atoms with Crippen LogP contribution < -0.4 is 0 Å². The maximum atomic E-state index is 13.5. The van der Waals surface area contributed by atoms with Gasteiger partial charge in [0.25, 0.3) is 5.91 Å². The van der Waals surface area contributed by atoms with Gasteiger partial charge in [0.15, 0.2) is 0 Å². The van der Waals surface area contributed by atoms with E-state index in [0.29, 0.717) is 11.6 Å². The molecule has 1 aromatic carbocycles. The summed E-state index contributed by atoms with van der Waals surface area (Å²) >= 11 is 3.15. The van der Waals surface area contributed by atoms with E-state index in [4.69, 9.17) is 0 Å². The number of benzene rings is 1. The second-order valence-electron chi connectivity index (χ2n) is 5.09. The zero-order valence-corrected chi connectivity index (χ0v) is 12.8. The Balaban J connectivity index is 2.07. The Morgan fingerprint density at radius 2 is 2.00 bits per heavy atom. The molecule has 1 heterocycles. The van der Waals surface area contributed by atoms with Crippen LogP contribution in [0.5, 0.6) is 0 Å². The van der Waals surface area contributed by atoms with Crippen LogP contribution in [0.2, 0.25) is 0 Å². The summed E-state index contributed by atoms with van der Waals surface area (Å²) in [6.45, 7) is 1.45. The fourth-order valence-corrected chi connectivity index (χ4v) is 2.86. The molecule has 1 aliphatic rings. The summed E-state index contributed by atoms with van der Waals surface area (Å²) in [6.07, 6.45) is 1.93. The summed E-state index contributed by atoms with van der Waals surface area (Å²) in [5.41, 5.74) is 0.406. The first kappa shape index (κ1) is 14.5. The van der Waals surface area contributed by atoms with Crippen molar-refractivity contribution < 1.29 is 9.18 Å². The fraction of sp³-hybridized carbons (Fsp3) is 0.500. The summed E-state index contributed by atoms with van der Waals surface area (Å²) in [6, 6.07) is 5.10. The van der Waals surface area contributed by atoms with E-state index in [2.05, 4.69) is 34.9 Å². The maximum absolute atomic E-state index is 13.5. The molecule has 0 aliphatic carbocycles. The highest BCUT2D eigenvalue weighted by Gasteiger charge is 2.26. The normalized spacial score (nSPS) is 17.0. The minimum absolute atomic E-state index is 0.0939. The Kier molecular flexibility index (Phi) is 4.58. The minimum Gasteiger partial charge on any atom is -0.338 e. The summed E-state index contributed by atoms with van der Waals surface area (Å²) < 4.78 is 13.7. The molecule has 0 radical (unpaired) electrons. The largest absolute Gasteiger partial charge is 0.338 e. The Morgan fingerprint density at radius 1 is 1.37 bits per heavy atom. The lowest BCUT2D eigenvalue weighted by atomic mass is 10.0. The number of piperidine rings is 1. The van der Waals surface area contributed by atoms with Crippen LogP contribution in [0.15, 0.2) is 22.7 Å². The average molecular weight is 329 g/mol. The molecule has 3 nitrogen and oxygen atoms in total. The SMILES string of the molecule is CN(C)C1CCN(C(=O)c2cccc(F)c2Br)CC1. The van der Waals surface area contributed by atoms with Gasteiger partial charge in [-0.1, -0.05) is 6.07 Å². The van der Waals surface area contributed by atoms with Gasteiger partial charge in [-0.15, -0.1) is 0 Å². The van der Waals surface area contributed by atoms with Gasteiger partial charge in [0.1, 0.15) is 5.82 Å². The highest BCUT2D eigenvalue weighted by Crippen LogP contribution is 2.23. The zero-order valence-electron chi connectivity index (χ0n) is 11.2. The van der Waals surface area contributed by atoms with Gasteiger partial charge in [0, 0.05) is 19.1 Å². The molecule has 19 heavy (non-hydrogen) atoms. The molecule has 0 N–H and O–H groups in total. The van der Waals surface area contributed by atoms with Crippen LogP contribution >= 0.6 is 15.9 Å².